The molecular formula is C16H28N2O2. The Labute approximate surface area is 122 Å². The molecule has 0 bridgehead atoms. The summed E-state index contributed by atoms with van der Waals surface area (Å²) in [7, 11) is 0. The number of nitrogens with one attached hydrogen (secondary N) is 1. The molecule has 2 saturated heterocycles. The van der Waals surface area contributed by atoms with Gasteiger partial charge in [-0.25, -0.2) is 0 Å². The lowest BCUT2D eigenvalue weighted by Gasteiger charge is -2.44. The van der Waals surface area contributed by atoms with E-state index in [4.69, 9.17) is 4.74 Å². The molecular weight excluding hydrogens is 252 g/mol. The normalized spacial score (nSPS) is 34.0. The maximum absolute atomic E-state index is 12.4. The lowest BCUT2D eigenvalue weighted by Crippen LogP contribution is -2.52. The van der Waals surface area contributed by atoms with E-state index in [9.17, 15) is 4.79 Å². The summed E-state index contributed by atoms with van der Waals surface area (Å²) in [6.45, 7) is 3.18. The van der Waals surface area contributed by atoms with Crippen LogP contribution in [0.15, 0.2) is 0 Å². The summed E-state index contributed by atoms with van der Waals surface area (Å²) in [4.78, 5) is 14.6. The fraction of sp³-hybridized carbons (Fsp3) is 0.938. The molecule has 3 fully saturated rings. The van der Waals surface area contributed by atoms with Crippen molar-refractivity contribution in [1.82, 2.24) is 10.2 Å². The Balaban J connectivity index is 1.45. The molecule has 4 heteroatoms. The molecule has 3 unspecified atom stereocenters. The second kappa shape index (κ2) is 6.90. The molecule has 0 spiro atoms. The van der Waals surface area contributed by atoms with Gasteiger partial charge in [0.15, 0.2) is 0 Å². The molecule has 0 aromatic rings. The molecule has 1 N–H and O–H groups in total. The molecule has 3 rings (SSSR count). The summed E-state index contributed by atoms with van der Waals surface area (Å²) in [5, 5.41) is 3.30. The molecule has 2 heterocycles. The van der Waals surface area contributed by atoms with Crippen LogP contribution >= 0.6 is 0 Å². The maximum atomic E-state index is 12.4. The third-order valence-corrected chi connectivity index (χ3v) is 5.24. The Morgan fingerprint density at radius 3 is 2.80 bits per heavy atom. The van der Waals surface area contributed by atoms with Gasteiger partial charge >= 0.3 is 0 Å². The van der Waals surface area contributed by atoms with Crippen LogP contribution in [0, 0.1) is 5.92 Å². The summed E-state index contributed by atoms with van der Waals surface area (Å²) >= 11 is 0. The summed E-state index contributed by atoms with van der Waals surface area (Å²) in [6, 6.07) is 0.537. The second-order valence-corrected chi connectivity index (χ2v) is 6.61. The van der Waals surface area contributed by atoms with Gasteiger partial charge in [0, 0.05) is 25.7 Å². The second-order valence-electron chi connectivity index (χ2n) is 6.61. The van der Waals surface area contributed by atoms with Crippen LogP contribution in [0.25, 0.3) is 0 Å². The van der Waals surface area contributed by atoms with Crippen molar-refractivity contribution in [2.75, 3.05) is 26.2 Å². The summed E-state index contributed by atoms with van der Waals surface area (Å²) in [5.74, 6) is 1.08. The molecule has 2 aliphatic heterocycles. The monoisotopic (exact) mass is 280 g/mol. The Morgan fingerprint density at radius 2 is 1.95 bits per heavy atom. The van der Waals surface area contributed by atoms with E-state index in [1.807, 2.05) is 0 Å². The molecule has 0 aromatic carbocycles. The number of piperidine rings is 1. The standard InChI is InChI=1S/C16H28N2O2/c19-16(12-17-11-14-7-4-10-20-14)18-9-3-6-13-5-1-2-8-15(13)18/h13-15,17H,1-12H2. The van der Waals surface area contributed by atoms with Crippen LogP contribution in [-0.4, -0.2) is 49.2 Å². The van der Waals surface area contributed by atoms with E-state index in [0.717, 1.165) is 38.5 Å². The summed E-state index contributed by atoms with van der Waals surface area (Å²) in [6.07, 6.45) is 10.4. The number of fused-ring (bicyclic) bond motifs is 1. The van der Waals surface area contributed by atoms with Crippen LogP contribution in [0.4, 0.5) is 0 Å². The Bertz CT molecular complexity index is 326. The molecule has 1 saturated carbocycles. The largest absolute Gasteiger partial charge is 0.377 e. The zero-order valence-electron chi connectivity index (χ0n) is 12.5. The smallest absolute Gasteiger partial charge is 0.236 e. The van der Waals surface area contributed by atoms with E-state index < -0.39 is 0 Å². The summed E-state index contributed by atoms with van der Waals surface area (Å²) in [5.41, 5.74) is 0. The Kier molecular flexibility index (Phi) is 4.94. The van der Waals surface area contributed by atoms with E-state index in [1.165, 1.54) is 38.5 Å². The fourth-order valence-corrected chi connectivity index (χ4v) is 4.18. The van der Waals surface area contributed by atoms with Gasteiger partial charge in [-0.3, -0.25) is 4.79 Å². The highest BCUT2D eigenvalue weighted by Gasteiger charge is 2.35. The van der Waals surface area contributed by atoms with E-state index >= 15 is 0 Å². The molecule has 4 nitrogen and oxygen atoms in total. The van der Waals surface area contributed by atoms with Crippen LogP contribution in [0.5, 0.6) is 0 Å². The average molecular weight is 280 g/mol. The third kappa shape index (κ3) is 3.34. The van der Waals surface area contributed by atoms with Gasteiger partial charge in [-0.05, 0) is 44.4 Å². The van der Waals surface area contributed by atoms with Gasteiger partial charge in [-0.1, -0.05) is 12.8 Å². The number of ether oxygens (including phenoxy) is 1. The van der Waals surface area contributed by atoms with Gasteiger partial charge < -0.3 is 15.0 Å². The first-order valence-electron chi connectivity index (χ1n) is 8.46. The van der Waals surface area contributed by atoms with Crippen LogP contribution in [-0.2, 0) is 9.53 Å². The molecule has 3 atom stereocenters. The first-order chi connectivity index (χ1) is 9.84. The quantitative estimate of drug-likeness (QED) is 0.855. The van der Waals surface area contributed by atoms with E-state index in [2.05, 4.69) is 10.2 Å². The number of rotatable bonds is 4. The lowest BCUT2D eigenvalue weighted by molar-refractivity contribution is -0.136. The highest BCUT2D eigenvalue weighted by atomic mass is 16.5. The van der Waals surface area contributed by atoms with Gasteiger partial charge in [0.25, 0.3) is 0 Å². The van der Waals surface area contributed by atoms with Gasteiger partial charge in [-0.2, -0.15) is 0 Å². The van der Waals surface area contributed by atoms with E-state index in [0.29, 0.717) is 24.6 Å². The van der Waals surface area contributed by atoms with Crippen molar-refractivity contribution in [3.63, 3.8) is 0 Å². The van der Waals surface area contributed by atoms with Gasteiger partial charge in [-0.15, -0.1) is 0 Å². The Morgan fingerprint density at radius 1 is 1.10 bits per heavy atom. The average Bonchev–Trinajstić information content (AvgIpc) is 3.00. The first kappa shape index (κ1) is 14.3. The number of amides is 1. The molecule has 20 heavy (non-hydrogen) atoms. The molecule has 1 aliphatic carbocycles. The van der Waals surface area contributed by atoms with Gasteiger partial charge in [0.2, 0.25) is 5.91 Å². The fourth-order valence-electron chi connectivity index (χ4n) is 4.18. The molecule has 114 valence electrons. The predicted molar refractivity (Wildman–Crippen MR) is 78.5 cm³/mol. The number of likely N-dealkylation sites (tertiary alicyclic amines) is 1. The van der Waals surface area contributed by atoms with Crippen molar-refractivity contribution < 1.29 is 9.53 Å². The molecule has 3 aliphatic rings. The van der Waals surface area contributed by atoms with Crippen molar-refractivity contribution in [3.8, 4) is 0 Å². The van der Waals surface area contributed by atoms with Crippen LogP contribution in [0.1, 0.15) is 51.4 Å². The maximum Gasteiger partial charge on any atom is 0.236 e. The topological polar surface area (TPSA) is 41.6 Å². The highest BCUT2D eigenvalue weighted by Crippen LogP contribution is 2.35. The van der Waals surface area contributed by atoms with Crippen molar-refractivity contribution in [2.24, 2.45) is 5.92 Å². The van der Waals surface area contributed by atoms with Gasteiger partial charge in [0.05, 0.1) is 12.6 Å². The van der Waals surface area contributed by atoms with Crippen LogP contribution in [0.2, 0.25) is 0 Å². The van der Waals surface area contributed by atoms with E-state index in [-0.39, 0.29) is 0 Å². The minimum Gasteiger partial charge on any atom is -0.377 e. The van der Waals surface area contributed by atoms with Crippen molar-refractivity contribution in [3.05, 3.63) is 0 Å². The predicted octanol–water partition coefficient (Wildman–Crippen LogP) is 1.94. The number of carbonyl (C=O) groups is 1. The molecule has 0 aromatic heterocycles. The van der Waals surface area contributed by atoms with Gasteiger partial charge in [0.1, 0.15) is 0 Å². The number of carbonyl (C=O) groups excluding carboxylic acids is 1. The van der Waals surface area contributed by atoms with Crippen molar-refractivity contribution in [1.29, 1.82) is 0 Å². The van der Waals surface area contributed by atoms with E-state index in [1.54, 1.807) is 0 Å². The van der Waals surface area contributed by atoms with Crippen LogP contribution in [0.3, 0.4) is 0 Å². The summed E-state index contributed by atoms with van der Waals surface area (Å²) < 4.78 is 5.58. The van der Waals surface area contributed by atoms with Crippen LogP contribution < -0.4 is 5.32 Å². The minimum absolute atomic E-state index is 0.305. The zero-order chi connectivity index (χ0) is 13.8. The number of hydrogen-bond acceptors (Lipinski definition) is 3. The number of hydrogen-bond donors (Lipinski definition) is 1. The minimum atomic E-state index is 0.305. The molecule has 0 radical (unpaired) electrons. The zero-order valence-corrected chi connectivity index (χ0v) is 12.5. The highest BCUT2D eigenvalue weighted by molar-refractivity contribution is 5.78. The molecule has 1 amide bonds. The lowest BCUT2D eigenvalue weighted by atomic mass is 9.78. The van der Waals surface area contributed by atoms with Crippen molar-refractivity contribution >= 4 is 5.91 Å². The first-order valence-corrected chi connectivity index (χ1v) is 8.46. The van der Waals surface area contributed by atoms with Crippen molar-refractivity contribution in [2.45, 2.75) is 63.5 Å². The number of nitrogens with zero attached hydrogens (tertiary/aromatic N) is 1. The SMILES string of the molecule is O=C(CNCC1CCCO1)N1CCCC2CCCCC21. The third-order valence-electron chi connectivity index (χ3n) is 5.24. The Hall–Kier alpha value is -0.610.